The molecule has 0 aliphatic carbocycles. The predicted molar refractivity (Wildman–Crippen MR) is 344 cm³/mol. The van der Waals surface area contributed by atoms with Gasteiger partial charge in [-0.3, -0.25) is 9.59 Å². The van der Waals surface area contributed by atoms with Crippen molar-refractivity contribution in [2.45, 2.75) is 91.0 Å². The van der Waals surface area contributed by atoms with Gasteiger partial charge in [-0.05, 0) is 119 Å². The zero-order chi connectivity index (χ0) is 65.8. The Morgan fingerprint density at radius 2 is 0.933 bits per heavy atom. The van der Waals surface area contributed by atoms with E-state index >= 15 is 0 Å². The maximum atomic E-state index is 11.7. The number of alkyl carbamates (subject to hydrolysis) is 1. The number of nitrogens with two attached hydrogens (primary N) is 2. The summed E-state index contributed by atoms with van der Waals surface area (Å²) in [5, 5.41) is 16.7. The second-order valence-electron chi connectivity index (χ2n) is 22.1. The van der Waals surface area contributed by atoms with Crippen LogP contribution < -0.4 is 41.6 Å². The first kappa shape index (κ1) is 77.4. The number of halogens is 2. The van der Waals surface area contributed by atoms with E-state index in [-0.39, 0.29) is 35.3 Å². The number of nitrogens with zero attached hydrogens (tertiary/aromatic N) is 3. The van der Waals surface area contributed by atoms with E-state index < -0.39 is 17.3 Å². The Kier molecular flexibility index (Phi) is 39.0. The van der Waals surface area contributed by atoms with Gasteiger partial charge in [0.15, 0.2) is 0 Å². The summed E-state index contributed by atoms with van der Waals surface area (Å²) >= 11 is 10.5. The highest BCUT2D eigenvalue weighted by atomic mass is 35.5. The van der Waals surface area contributed by atoms with E-state index in [1.165, 1.54) is 0 Å². The van der Waals surface area contributed by atoms with Gasteiger partial charge in [0.2, 0.25) is 0 Å². The molecule has 24 nitrogen and oxygen atoms in total. The highest BCUT2D eigenvalue weighted by Crippen LogP contribution is 2.21. The van der Waals surface area contributed by atoms with Crippen LogP contribution in [0.25, 0.3) is 0 Å². The molecule has 9 rings (SSSR count). The zero-order valence-electron chi connectivity index (χ0n) is 53.0. The van der Waals surface area contributed by atoms with Gasteiger partial charge in [0.05, 0.1) is 64.8 Å². The van der Waals surface area contributed by atoms with E-state index in [1.807, 2.05) is 126 Å². The number of nitrogens with one attached hydrogen (secondary N) is 3. The fourth-order valence-electron chi connectivity index (χ4n) is 7.15. The topological polar surface area (TPSA) is 302 Å². The second-order valence-corrected chi connectivity index (χ2v) is 22.7. The van der Waals surface area contributed by atoms with E-state index in [0.717, 1.165) is 41.6 Å². The number of carbonyl (C=O) groups excluding carboxylic acids is 5. The van der Waals surface area contributed by atoms with Gasteiger partial charge >= 0.3 is 29.5 Å². The van der Waals surface area contributed by atoms with Crippen molar-refractivity contribution < 1.29 is 76.4 Å². The van der Waals surface area contributed by atoms with E-state index in [4.69, 9.17) is 87.1 Å². The molecule has 5 aliphatic rings. The van der Waals surface area contributed by atoms with Crippen molar-refractivity contribution in [2.75, 3.05) is 137 Å². The molecule has 5 fully saturated rings. The van der Waals surface area contributed by atoms with Gasteiger partial charge < -0.3 is 94.6 Å². The number of phenolic OH excluding ortho intramolecular Hbond substituents is 1. The molecule has 4 aromatic carbocycles. The number of benzene rings is 4. The van der Waals surface area contributed by atoms with Crippen LogP contribution in [0.1, 0.15) is 65.5 Å². The minimum atomic E-state index is -0.450. The van der Waals surface area contributed by atoms with Crippen LogP contribution in [-0.4, -0.2) is 210 Å². The van der Waals surface area contributed by atoms with Crippen LogP contribution in [-0.2, 0) is 51.2 Å². The number of epoxide rings is 2. The Morgan fingerprint density at radius 3 is 1.30 bits per heavy atom. The van der Waals surface area contributed by atoms with Crippen LogP contribution in [0.2, 0.25) is 0 Å². The van der Waals surface area contributed by atoms with Crippen molar-refractivity contribution in [2.24, 2.45) is 11.5 Å². The molecule has 90 heavy (non-hydrogen) atoms. The van der Waals surface area contributed by atoms with E-state index in [0.29, 0.717) is 156 Å². The number of esters is 1. The third-order valence-corrected chi connectivity index (χ3v) is 12.5. The molecule has 5 aliphatic heterocycles. The van der Waals surface area contributed by atoms with Crippen LogP contribution in [0.4, 0.5) is 19.2 Å². The molecule has 0 bridgehead atoms. The van der Waals surface area contributed by atoms with Crippen molar-refractivity contribution in [1.82, 2.24) is 30.7 Å². The number of morpholine rings is 3. The van der Waals surface area contributed by atoms with Crippen LogP contribution in [0.5, 0.6) is 23.0 Å². The number of hydrogen-bond acceptors (Lipinski definition) is 18. The number of ether oxygens (including phenoxy) is 10. The van der Waals surface area contributed by atoms with Crippen molar-refractivity contribution in [3.63, 3.8) is 0 Å². The summed E-state index contributed by atoms with van der Waals surface area (Å²) in [6, 6.07) is 34.4. The minimum absolute atomic E-state index is 0.0382. The Bertz CT molecular complexity index is 2550. The SMILES string of the molecule is CC(C)(C)OC(=O)CCCNC(=O)N1CCOCC1.CC(C)(C)OC(=O)NCCN.ClC[C@H]1CO1.NCCNC(=O)N1CCOCC1.O=C(Cl)N1CCOCC1.Oc1ccc(OCc2ccccc2)cc1.c1ccc(COc2ccc(OC[C@@H]3CO3)cc2)cc1. The van der Waals surface area contributed by atoms with Gasteiger partial charge in [-0.25, -0.2) is 14.4 Å². The number of carbonyl (C=O) groups is 5. The number of aromatic hydroxyl groups is 1. The number of rotatable bonds is 18. The summed E-state index contributed by atoms with van der Waals surface area (Å²) in [5.41, 5.74) is 11.8. The zero-order valence-corrected chi connectivity index (χ0v) is 54.6. The molecular weight excluding hydrogens is 1210 g/mol. The fourth-order valence-corrected chi connectivity index (χ4v) is 7.50. The molecule has 0 unspecified atom stereocenters. The average Bonchev–Trinajstić information content (AvgIpc) is 4.62. The van der Waals surface area contributed by atoms with Crippen molar-refractivity contribution in [3.8, 4) is 23.0 Å². The summed E-state index contributed by atoms with van der Waals surface area (Å²) in [6.45, 7) is 24.3. The molecule has 0 saturated carbocycles. The Labute approximate surface area is 540 Å². The molecule has 5 saturated heterocycles. The van der Waals surface area contributed by atoms with Gasteiger partial charge in [0, 0.05) is 78.4 Å². The van der Waals surface area contributed by atoms with Crippen LogP contribution in [0.3, 0.4) is 0 Å². The van der Waals surface area contributed by atoms with Crippen molar-refractivity contribution in [3.05, 3.63) is 120 Å². The van der Waals surface area contributed by atoms with Gasteiger partial charge in [-0.1, -0.05) is 60.7 Å². The number of phenols is 1. The Morgan fingerprint density at radius 1 is 0.544 bits per heavy atom. The first-order valence-corrected chi connectivity index (χ1v) is 31.0. The van der Waals surface area contributed by atoms with Gasteiger partial charge in [-0.2, -0.15) is 0 Å². The highest BCUT2D eigenvalue weighted by Gasteiger charge is 2.24. The van der Waals surface area contributed by atoms with E-state index in [1.54, 1.807) is 39.0 Å². The fraction of sp³-hybridized carbons (Fsp3) is 0.547. The average molecular weight is 1300 g/mol. The lowest BCUT2D eigenvalue weighted by Gasteiger charge is -2.26. The third kappa shape index (κ3) is 40.7. The minimum Gasteiger partial charge on any atom is -0.508 e. The van der Waals surface area contributed by atoms with Crippen molar-refractivity contribution in [1.29, 1.82) is 0 Å². The van der Waals surface area contributed by atoms with E-state index in [9.17, 15) is 24.0 Å². The molecule has 0 aromatic heterocycles. The Balaban J connectivity index is 0.000000282. The molecule has 0 spiro atoms. The largest absolute Gasteiger partial charge is 0.508 e. The summed E-state index contributed by atoms with van der Waals surface area (Å²) in [7, 11) is 0. The normalized spacial score (nSPS) is 16.2. The van der Waals surface area contributed by atoms with Gasteiger partial charge in [-0.15, -0.1) is 11.6 Å². The van der Waals surface area contributed by atoms with E-state index in [2.05, 4.69) is 16.0 Å². The number of hydrogen-bond donors (Lipinski definition) is 6. The molecular formula is C64H96Cl2N8O16. The lowest BCUT2D eigenvalue weighted by atomic mass is 10.2. The van der Waals surface area contributed by atoms with Crippen LogP contribution in [0, 0.1) is 0 Å². The second kappa shape index (κ2) is 45.4. The Hall–Kier alpha value is -6.87. The smallest absolute Gasteiger partial charge is 0.407 e. The summed E-state index contributed by atoms with van der Waals surface area (Å²) in [6.07, 6.45) is 1.18. The molecule has 6 amide bonds. The predicted octanol–water partition coefficient (Wildman–Crippen LogP) is 7.92. The molecule has 4 aromatic rings. The molecule has 0 radical (unpaired) electrons. The number of urea groups is 2. The van der Waals surface area contributed by atoms with Crippen LogP contribution >= 0.6 is 23.2 Å². The maximum absolute atomic E-state index is 11.7. The molecule has 8 N–H and O–H groups in total. The van der Waals surface area contributed by atoms with Crippen LogP contribution in [0.15, 0.2) is 109 Å². The summed E-state index contributed by atoms with van der Waals surface area (Å²) < 4.78 is 52.0. The lowest BCUT2D eigenvalue weighted by molar-refractivity contribution is -0.154. The first-order chi connectivity index (χ1) is 43.2. The lowest BCUT2D eigenvalue weighted by Crippen LogP contribution is -2.47. The maximum Gasteiger partial charge on any atom is 0.407 e. The molecule has 5 heterocycles. The summed E-state index contributed by atoms with van der Waals surface area (Å²) in [5.74, 6) is 3.15. The summed E-state index contributed by atoms with van der Waals surface area (Å²) in [4.78, 5) is 60.7. The third-order valence-electron chi connectivity index (χ3n) is 11.9. The quantitative estimate of drug-likeness (QED) is 0.0138. The van der Waals surface area contributed by atoms with Crippen molar-refractivity contribution >= 4 is 52.7 Å². The molecule has 502 valence electrons. The number of alkyl halides is 1. The first-order valence-electron chi connectivity index (χ1n) is 30.1. The molecule has 26 heteroatoms. The standard InChI is InChI=1S/C16H16O3.C13H24N2O4.C13H12O2.C7H15N3O2.C7H16N2O2.C5H8ClNO2.C3H5ClO/c1-2-4-13(5-3-1)10-17-14-6-8-15(9-7-14)18-11-16-12-19-16;1-13(2,3)19-11(16)5-4-6-14-12(17)15-7-9-18-10-8-15;14-12-6-8-13(9-7-12)15-10-11-4-2-1-3-5-11;8-1-2-9-7(11)10-3-5-12-6-4-10;1-7(2,3)11-6(10)9-5-4-8;6-5(8)7-1-3-9-4-2-7;4-1-3-2-5-3/h1-9,16H,10-12H2;4-10H2,1-3H3,(H,14,17);1-9,14H,10H2;1-6,8H2,(H,9,11);4-5,8H2,1-3H3,(H,9,10);1-4H2;3H,1-2H2/t16-;;;;;;3-/m1.....0/s1. The van der Waals surface area contributed by atoms with Gasteiger partial charge in [0.1, 0.15) is 60.1 Å². The molecule has 2 atom stereocenters. The number of amides is 6. The highest BCUT2D eigenvalue weighted by molar-refractivity contribution is 6.62. The van der Waals surface area contributed by atoms with Gasteiger partial charge in [0.25, 0.3) is 0 Å². The monoisotopic (exact) mass is 1300 g/mol.